The lowest BCUT2D eigenvalue weighted by Crippen LogP contribution is -2.37. The minimum Gasteiger partial charge on any atom is -0.350 e. The SMILES string of the molecule is O=c1ccc(C2CC2)nn1CC1CCCN1c1ccc(C(F)(F)F)nn1. The number of nitrogens with zero attached hydrogens (tertiary/aromatic N) is 5. The first-order valence-corrected chi connectivity index (χ1v) is 8.67. The summed E-state index contributed by atoms with van der Waals surface area (Å²) in [4.78, 5) is 14.0. The van der Waals surface area contributed by atoms with Gasteiger partial charge >= 0.3 is 6.18 Å². The van der Waals surface area contributed by atoms with Crippen molar-refractivity contribution in [3.63, 3.8) is 0 Å². The van der Waals surface area contributed by atoms with Crippen LogP contribution in [0.15, 0.2) is 29.1 Å². The zero-order valence-electron chi connectivity index (χ0n) is 14.0. The minimum atomic E-state index is -4.50. The molecule has 2 aromatic heterocycles. The van der Waals surface area contributed by atoms with Crippen LogP contribution < -0.4 is 10.5 Å². The van der Waals surface area contributed by atoms with Crippen LogP contribution >= 0.6 is 0 Å². The third-order valence-electron chi connectivity index (χ3n) is 4.88. The van der Waals surface area contributed by atoms with Gasteiger partial charge in [0.05, 0.1) is 18.3 Å². The van der Waals surface area contributed by atoms with Crippen molar-refractivity contribution in [2.75, 3.05) is 11.4 Å². The van der Waals surface area contributed by atoms with Crippen LogP contribution in [0.2, 0.25) is 0 Å². The monoisotopic (exact) mass is 365 g/mol. The molecule has 1 saturated carbocycles. The highest BCUT2D eigenvalue weighted by Crippen LogP contribution is 2.38. The Labute approximate surface area is 147 Å². The summed E-state index contributed by atoms with van der Waals surface area (Å²) in [7, 11) is 0. The molecule has 1 unspecified atom stereocenters. The van der Waals surface area contributed by atoms with Crippen LogP contribution in [0.3, 0.4) is 0 Å². The first-order valence-electron chi connectivity index (χ1n) is 8.67. The quantitative estimate of drug-likeness (QED) is 0.833. The summed E-state index contributed by atoms with van der Waals surface area (Å²) >= 11 is 0. The Bertz CT molecular complexity index is 845. The van der Waals surface area contributed by atoms with Gasteiger partial charge in [0.2, 0.25) is 0 Å². The van der Waals surface area contributed by atoms with Crippen molar-refractivity contribution >= 4 is 5.82 Å². The number of hydrogen-bond acceptors (Lipinski definition) is 5. The molecule has 1 atom stereocenters. The van der Waals surface area contributed by atoms with E-state index >= 15 is 0 Å². The summed E-state index contributed by atoms with van der Waals surface area (Å²) in [6, 6.07) is 5.56. The molecule has 6 nitrogen and oxygen atoms in total. The van der Waals surface area contributed by atoms with E-state index in [2.05, 4.69) is 15.3 Å². The van der Waals surface area contributed by atoms with Gasteiger partial charge in [-0.1, -0.05) is 0 Å². The van der Waals surface area contributed by atoms with E-state index in [0.29, 0.717) is 24.8 Å². The van der Waals surface area contributed by atoms with E-state index in [0.717, 1.165) is 37.4 Å². The second-order valence-corrected chi connectivity index (χ2v) is 6.82. The summed E-state index contributed by atoms with van der Waals surface area (Å²) in [6.45, 7) is 1.06. The maximum atomic E-state index is 12.7. The van der Waals surface area contributed by atoms with Crippen molar-refractivity contribution in [1.29, 1.82) is 0 Å². The Hall–Kier alpha value is -2.45. The first kappa shape index (κ1) is 17.0. The number of rotatable bonds is 4. The van der Waals surface area contributed by atoms with E-state index in [4.69, 9.17) is 0 Å². The normalized spacial score (nSPS) is 20.6. The molecule has 0 aromatic carbocycles. The molecule has 2 aromatic rings. The maximum Gasteiger partial charge on any atom is 0.435 e. The first-order chi connectivity index (χ1) is 12.4. The molecule has 0 N–H and O–H groups in total. The standard InChI is InChI=1S/C17H18F3N5O/c18-17(19,20)14-6-7-15(22-21-14)24-9-1-2-12(24)10-25-16(26)8-5-13(23-25)11-3-4-11/h5-8,11-12H,1-4,9-10H2. The molecule has 1 aliphatic heterocycles. The Morgan fingerprint density at radius 3 is 2.54 bits per heavy atom. The predicted molar refractivity (Wildman–Crippen MR) is 87.9 cm³/mol. The van der Waals surface area contributed by atoms with E-state index in [9.17, 15) is 18.0 Å². The van der Waals surface area contributed by atoms with E-state index in [-0.39, 0.29) is 11.6 Å². The van der Waals surface area contributed by atoms with E-state index < -0.39 is 11.9 Å². The molecule has 138 valence electrons. The molecule has 9 heteroatoms. The van der Waals surface area contributed by atoms with Gasteiger partial charge in [0.15, 0.2) is 11.5 Å². The van der Waals surface area contributed by atoms with Crippen molar-refractivity contribution in [2.24, 2.45) is 0 Å². The Morgan fingerprint density at radius 2 is 1.88 bits per heavy atom. The van der Waals surface area contributed by atoms with Crippen LogP contribution in [0.25, 0.3) is 0 Å². The minimum absolute atomic E-state index is 0.0410. The van der Waals surface area contributed by atoms with Crippen molar-refractivity contribution in [2.45, 2.75) is 50.4 Å². The molecule has 26 heavy (non-hydrogen) atoms. The molecular weight excluding hydrogens is 347 g/mol. The van der Waals surface area contributed by atoms with Crippen molar-refractivity contribution < 1.29 is 13.2 Å². The smallest absolute Gasteiger partial charge is 0.350 e. The molecule has 1 aliphatic carbocycles. The van der Waals surface area contributed by atoms with Crippen LogP contribution in [0.4, 0.5) is 19.0 Å². The van der Waals surface area contributed by atoms with Crippen molar-refractivity contribution in [3.05, 3.63) is 46.0 Å². The highest BCUT2D eigenvalue weighted by Gasteiger charge is 2.34. The number of alkyl halides is 3. The van der Waals surface area contributed by atoms with Crippen LogP contribution in [0.5, 0.6) is 0 Å². The molecule has 1 saturated heterocycles. The molecule has 0 spiro atoms. The van der Waals surface area contributed by atoms with Gasteiger partial charge in [-0.25, -0.2) is 4.68 Å². The molecule has 4 rings (SSSR count). The third kappa shape index (κ3) is 3.42. The van der Waals surface area contributed by atoms with E-state index in [1.54, 1.807) is 6.07 Å². The second-order valence-electron chi connectivity index (χ2n) is 6.82. The number of aromatic nitrogens is 4. The van der Waals surface area contributed by atoms with Crippen LogP contribution in [0.1, 0.15) is 43.0 Å². The topological polar surface area (TPSA) is 63.9 Å². The number of halogens is 3. The van der Waals surface area contributed by atoms with Gasteiger partial charge in [0.1, 0.15) is 0 Å². The molecule has 2 aliphatic rings. The number of hydrogen-bond donors (Lipinski definition) is 0. The average Bonchev–Trinajstić information content (AvgIpc) is 3.35. The molecule has 3 heterocycles. The van der Waals surface area contributed by atoms with E-state index in [1.165, 1.54) is 16.8 Å². The zero-order chi connectivity index (χ0) is 18.3. The Balaban J connectivity index is 1.54. The van der Waals surface area contributed by atoms with E-state index in [1.807, 2.05) is 4.90 Å². The summed E-state index contributed by atoms with van der Waals surface area (Å²) in [5.74, 6) is 0.842. The van der Waals surface area contributed by atoms with Gasteiger partial charge < -0.3 is 4.90 Å². The van der Waals surface area contributed by atoms with Gasteiger partial charge in [-0.05, 0) is 43.9 Å². The van der Waals surface area contributed by atoms with Crippen LogP contribution in [-0.4, -0.2) is 32.6 Å². The Morgan fingerprint density at radius 1 is 1.08 bits per heavy atom. The molecule has 0 radical (unpaired) electrons. The summed E-state index contributed by atoms with van der Waals surface area (Å²) in [5.41, 5.74) is -0.241. The van der Waals surface area contributed by atoms with Gasteiger partial charge in [0, 0.05) is 18.5 Å². The Kier molecular flexibility index (Phi) is 4.16. The lowest BCUT2D eigenvalue weighted by Gasteiger charge is -2.25. The third-order valence-corrected chi connectivity index (χ3v) is 4.88. The molecule has 0 bridgehead atoms. The van der Waals surface area contributed by atoms with Gasteiger partial charge in [-0.15, -0.1) is 10.2 Å². The fourth-order valence-corrected chi connectivity index (χ4v) is 3.35. The fourth-order valence-electron chi connectivity index (χ4n) is 3.35. The maximum absolute atomic E-state index is 12.7. The van der Waals surface area contributed by atoms with Crippen molar-refractivity contribution in [1.82, 2.24) is 20.0 Å². The molecular formula is C17H18F3N5O. The lowest BCUT2D eigenvalue weighted by molar-refractivity contribution is -0.141. The second kappa shape index (κ2) is 6.37. The predicted octanol–water partition coefficient (Wildman–Crippen LogP) is 2.60. The lowest BCUT2D eigenvalue weighted by atomic mass is 10.2. The van der Waals surface area contributed by atoms with Crippen LogP contribution in [0, 0.1) is 0 Å². The zero-order valence-corrected chi connectivity index (χ0v) is 14.0. The average molecular weight is 365 g/mol. The van der Waals surface area contributed by atoms with Crippen LogP contribution in [-0.2, 0) is 12.7 Å². The number of anilines is 1. The summed E-state index contributed by atoms with van der Waals surface area (Å²) in [6.07, 6.45) is -0.602. The van der Waals surface area contributed by atoms with Gasteiger partial charge in [-0.2, -0.15) is 18.3 Å². The molecule has 2 fully saturated rings. The largest absolute Gasteiger partial charge is 0.435 e. The van der Waals surface area contributed by atoms with Gasteiger partial charge in [0.25, 0.3) is 5.56 Å². The summed E-state index contributed by atoms with van der Waals surface area (Å²) in [5, 5.41) is 11.5. The fraction of sp³-hybridized carbons (Fsp3) is 0.529. The highest BCUT2D eigenvalue weighted by atomic mass is 19.4. The van der Waals surface area contributed by atoms with Crippen molar-refractivity contribution in [3.8, 4) is 0 Å². The molecule has 0 amide bonds. The van der Waals surface area contributed by atoms with Gasteiger partial charge in [-0.3, -0.25) is 4.79 Å². The highest BCUT2D eigenvalue weighted by molar-refractivity contribution is 5.40. The summed E-state index contributed by atoms with van der Waals surface area (Å²) < 4.78 is 39.4.